The maximum absolute atomic E-state index is 13.4. The molecular formula is C29H28N4O4. The highest BCUT2D eigenvalue weighted by atomic mass is 16.6. The Morgan fingerprint density at radius 3 is 1.89 bits per heavy atom. The number of piperidine rings is 1. The molecule has 8 nitrogen and oxygen atoms in total. The lowest BCUT2D eigenvalue weighted by Crippen LogP contribution is -2.50. The number of fused-ring (bicyclic) bond motifs is 3. The summed E-state index contributed by atoms with van der Waals surface area (Å²) in [6.45, 7) is 1.45. The number of nitrogens with one attached hydrogen (secondary N) is 1. The minimum Gasteiger partial charge on any atom is -0.443 e. The van der Waals surface area contributed by atoms with Crippen LogP contribution in [0.1, 0.15) is 17.5 Å². The first-order valence-corrected chi connectivity index (χ1v) is 12.5. The minimum absolute atomic E-state index is 0.133. The maximum atomic E-state index is 13.4. The first-order valence-electron chi connectivity index (χ1n) is 12.5. The normalized spacial score (nSPS) is 18.8. The second kappa shape index (κ2) is 9.89. The second-order valence-corrected chi connectivity index (χ2v) is 9.47. The first kappa shape index (κ1) is 23.0. The molecule has 6 rings (SSSR count). The zero-order valence-corrected chi connectivity index (χ0v) is 20.3. The molecule has 2 saturated heterocycles. The smallest absolute Gasteiger partial charge is 0.429 e. The lowest BCUT2D eigenvalue weighted by Gasteiger charge is -2.32. The van der Waals surface area contributed by atoms with Gasteiger partial charge < -0.3 is 19.4 Å². The average Bonchev–Trinajstić information content (AvgIpc) is 3.52. The number of carbonyl (C=O) groups excluding carboxylic acids is 2. The third-order valence-electron chi connectivity index (χ3n) is 7.02. The largest absolute Gasteiger partial charge is 0.443 e. The van der Waals surface area contributed by atoms with Crippen molar-refractivity contribution in [2.75, 3.05) is 18.0 Å². The number of H-pyrrole nitrogens is 1. The van der Waals surface area contributed by atoms with Gasteiger partial charge in [-0.25, -0.2) is 19.6 Å². The molecule has 1 aromatic heterocycles. The van der Waals surface area contributed by atoms with Crippen molar-refractivity contribution in [3.8, 4) is 0 Å². The average molecular weight is 497 g/mol. The van der Waals surface area contributed by atoms with Crippen LogP contribution in [-0.4, -0.2) is 52.4 Å². The predicted octanol–water partition coefficient (Wildman–Crippen LogP) is 5.32. The molecule has 0 unspecified atom stereocenters. The Morgan fingerprint density at radius 1 is 0.757 bits per heavy atom. The molecule has 2 aliphatic rings. The Bertz CT molecular complexity index is 1320. The number of rotatable bonds is 5. The topological polar surface area (TPSA) is 78.1 Å². The van der Waals surface area contributed by atoms with Gasteiger partial charge in [-0.2, -0.15) is 0 Å². The standard InChI is InChI=1S/C29H28N4O4/c34-28(36-19-21-7-3-1-4-8-21)32-25-16-26(33(32)29(35)37-20-22-9-5-2-6-10-22)18-31(17-25)24-11-12-27-23(15-24)13-14-30-27/h1-15,25-26,30H,16-20H2/t25-,26+. The maximum Gasteiger partial charge on any atom is 0.429 e. The fourth-order valence-electron chi connectivity index (χ4n) is 5.25. The van der Waals surface area contributed by atoms with Crippen molar-refractivity contribution in [1.82, 2.24) is 15.0 Å². The summed E-state index contributed by atoms with van der Waals surface area (Å²) < 4.78 is 11.3. The molecule has 2 fully saturated rings. The Labute approximate surface area is 215 Å². The summed E-state index contributed by atoms with van der Waals surface area (Å²) in [6, 6.07) is 26.9. The minimum atomic E-state index is -0.545. The number of benzene rings is 3. The molecular weight excluding hydrogens is 468 g/mol. The molecule has 2 bridgehead atoms. The lowest BCUT2D eigenvalue weighted by molar-refractivity contribution is -0.0199. The van der Waals surface area contributed by atoms with Crippen LogP contribution < -0.4 is 4.90 Å². The van der Waals surface area contributed by atoms with Crippen LogP contribution in [-0.2, 0) is 22.7 Å². The summed E-state index contributed by atoms with van der Waals surface area (Å²) in [4.78, 5) is 32.2. The zero-order valence-electron chi connectivity index (χ0n) is 20.3. The molecule has 2 aliphatic heterocycles. The highest BCUT2D eigenvalue weighted by Crippen LogP contribution is 2.35. The van der Waals surface area contributed by atoms with Gasteiger partial charge in [0.2, 0.25) is 0 Å². The van der Waals surface area contributed by atoms with Gasteiger partial charge in [-0.05, 0) is 41.8 Å². The summed E-state index contributed by atoms with van der Waals surface area (Å²) in [7, 11) is 0. The van der Waals surface area contributed by atoms with Crippen LogP contribution >= 0.6 is 0 Å². The van der Waals surface area contributed by atoms with Gasteiger partial charge in [-0.3, -0.25) is 0 Å². The Hall–Kier alpha value is -4.46. The molecule has 1 N–H and O–H groups in total. The van der Waals surface area contributed by atoms with E-state index in [1.807, 2.05) is 72.9 Å². The van der Waals surface area contributed by atoms with Gasteiger partial charge in [-0.1, -0.05) is 60.7 Å². The highest BCUT2D eigenvalue weighted by molar-refractivity contribution is 5.83. The fraction of sp³-hybridized carbons (Fsp3) is 0.241. The van der Waals surface area contributed by atoms with Crippen LogP contribution in [0.4, 0.5) is 15.3 Å². The number of nitrogens with zero attached hydrogens (tertiary/aromatic N) is 3. The van der Waals surface area contributed by atoms with Crippen molar-refractivity contribution < 1.29 is 19.1 Å². The van der Waals surface area contributed by atoms with Gasteiger partial charge >= 0.3 is 12.2 Å². The molecule has 4 aromatic rings. The number of hydrogen-bond acceptors (Lipinski definition) is 5. The van der Waals surface area contributed by atoms with Crippen LogP contribution in [0.5, 0.6) is 0 Å². The summed E-state index contributed by atoms with van der Waals surface area (Å²) in [5.41, 5.74) is 3.90. The number of hydrogen-bond donors (Lipinski definition) is 1. The second-order valence-electron chi connectivity index (χ2n) is 9.47. The molecule has 0 spiro atoms. The van der Waals surface area contributed by atoms with Crippen molar-refractivity contribution in [3.05, 3.63) is 102 Å². The van der Waals surface area contributed by atoms with Gasteiger partial charge in [0.15, 0.2) is 0 Å². The van der Waals surface area contributed by atoms with Crippen LogP contribution in [0, 0.1) is 0 Å². The third kappa shape index (κ3) is 4.70. The lowest BCUT2D eigenvalue weighted by atomic mass is 10.0. The Kier molecular flexibility index (Phi) is 6.14. The molecule has 2 amide bonds. The number of hydrazine groups is 1. The van der Waals surface area contributed by atoms with Crippen molar-refractivity contribution in [2.24, 2.45) is 0 Å². The number of anilines is 1. The molecule has 0 aliphatic carbocycles. The van der Waals surface area contributed by atoms with Crippen molar-refractivity contribution in [2.45, 2.75) is 31.7 Å². The van der Waals surface area contributed by atoms with Crippen molar-refractivity contribution in [3.63, 3.8) is 0 Å². The molecule has 3 heterocycles. The van der Waals surface area contributed by atoms with Crippen LogP contribution in [0.3, 0.4) is 0 Å². The van der Waals surface area contributed by atoms with Crippen molar-refractivity contribution >= 4 is 28.8 Å². The van der Waals surface area contributed by atoms with E-state index >= 15 is 0 Å². The monoisotopic (exact) mass is 496 g/mol. The summed E-state index contributed by atoms with van der Waals surface area (Å²) in [5.74, 6) is 0. The fourth-order valence-corrected chi connectivity index (χ4v) is 5.25. The third-order valence-corrected chi connectivity index (χ3v) is 7.02. The molecule has 0 saturated carbocycles. The van der Waals surface area contributed by atoms with E-state index in [0.29, 0.717) is 19.5 Å². The van der Waals surface area contributed by atoms with Crippen LogP contribution in [0.25, 0.3) is 10.9 Å². The molecule has 8 heteroatoms. The molecule has 0 radical (unpaired) electrons. The van der Waals surface area contributed by atoms with Gasteiger partial charge in [-0.15, -0.1) is 0 Å². The van der Waals surface area contributed by atoms with E-state index in [-0.39, 0.29) is 25.3 Å². The van der Waals surface area contributed by atoms with Gasteiger partial charge in [0, 0.05) is 35.9 Å². The number of ether oxygens (including phenoxy) is 2. The molecule has 2 atom stereocenters. The van der Waals surface area contributed by atoms with Crippen LogP contribution in [0.15, 0.2) is 91.1 Å². The molecule has 37 heavy (non-hydrogen) atoms. The van der Waals surface area contributed by atoms with E-state index in [9.17, 15) is 9.59 Å². The van der Waals surface area contributed by atoms with E-state index in [2.05, 4.69) is 28.1 Å². The number of aromatic amines is 1. The van der Waals surface area contributed by atoms with E-state index < -0.39 is 12.2 Å². The predicted molar refractivity (Wildman–Crippen MR) is 140 cm³/mol. The summed E-state index contributed by atoms with van der Waals surface area (Å²) >= 11 is 0. The van der Waals surface area contributed by atoms with Crippen molar-refractivity contribution in [1.29, 1.82) is 0 Å². The zero-order chi connectivity index (χ0) is 25.2. The summed E-state index contributed by atoms with van der Waals surface area (Å²) in [5, 5.41) is 4.06. The summed E-state index contributed by atoms with van der Waals surface area (Å²) in [6.07, 6.45) is 1.50. The van der Waals surface area contributed by atoms with E-state index in [4.69, 9.17) is 9.47 Å². The number of aromatic nitrogens is 1. The Balaban J connectivity index is 1.23. The van der Waals surface area contributed by atoms with Gasteiger partial charge in [0.25, 0.3) is 0 Å². The van der Waals surface area contributed by atoms with E-state index in [1.54, 1.807) is 0 Å². The number of carbonyl (C=O) groups is 2. The van der Waals surface area contributed by atoms with Crippen LogP contribution in [0.2, 0.25) is 0 Å². The quantitative estimate of drug-likeness (QED) is 0.405. The Morgan fingerprint density at radius 2 is 1.32 bits per heavy atom. The van der Waals surface area contributed by atoms with E-state index in [0.717, 1.165) is 27.7 Å². The van der Waals surface area contributed by atoms with E-state index in [1.165, 1.54) is 10.0 Å². The van der Waals surface area contributed by atoms with Gasteiger partial charge in [0.05, 0.1) is 12.1 Å². The molecule has 188 valence electrons. The number of amides is 2. The first-order chi connectivity index (χ1) is 18.2. The SMILES string of the molecule is O=C(OCc1ccccc1)N1[C@@H]2C[C@@H](CN(c3ccc4[nH]ccc4c3)C2)N1C(=O)OCc1ccccc1. The molecule has 3 aromatic carbocycles. The highest BCUT2D eigenvalue weighted by Gasteiger charge is 2.50. The van der Waals surface area contributed by atoms with Gasteiger partial charge in [0.1, 0.15) is 13.2 Å².